The van der Waals surface area contributed by atoms with Gasteiger partial charge in [-0.2, -0.15) is 0 Å². The van der Waals surface area contributed by atoms with Gasteiger partial charge in [-0.1, -0.05) is 5.11 Å². The monoisotopic (exact) mass is 415 g/mol. The van der Waals surface area contributed by atoms with Crippen molar-refractivity contribution in [1.82, 2.24) is 9.88 Å². The lowest BCUT2D eigenvalue weighted by molar-refractivity contribution is -0.657. The number of carbonyl (C=O) groups excluding carboxylic acids is 1. The molecule has 0 fully saturated rings. The lowest BCUT2D eigenvalue weighted by Gasteiger charge is -2.19. The van der Waals surface area contributed by atoms with Crippen molar-refractivity contribution >= 4 is 23.4 Å². The van der Waals surface area contributed by atoms with Gasteiger partial charge in [0.05, 0.1) is 26.0 Å². The first-order chi connectivity index (χ1) is 14.2. The molecule has 0 radical (unpaired) electrons. The zero-order valence-electron chi connectivity index (χ0n) is 19.1. The first kappa shape index (κ1) is 23.4. The average molecular weight is 416 g/mol. The van der Waals surface area contributed by atoms with E-state index in [4.69, 9.17) is 4.74 Å². The molecule has 0 aliphatic carbocycles. The van der Waals surface area contributed by atoms with Gasteiger partial charge in [-0.3, -0.25) is 0 Å². The summed E-state index contributed by atoms with van der Waals surface area (Å²) in [5.41, 5.74) is 1.48. The number of carbonyl (C=O) groups is 1. The maximum Gasteiger partial charge on any atom is 0.421 e. The summed E-state index contributed by atoms with van der Waals surface area (Å²) in [5.74, 6) is 0.804. The van der Waals surface area contributed by atoms with Crippen LogP contribution in [0.25, 0.3) is 0 Å². The molecule has 30 heavy (non-hydrogen) atoms. The molecule has 0 aliphatic heterocycles. The molecule has 0 atom stereocenters. The topological polar surface area (TPSA) is 75.1 Å². The van der Waals surface area contributed by atoms with Crippen LogP contribution >= 0.6 is 0 Å². The number of nitrogens with one attached hydrogen (secondary N) is 1. The van der Waals surface area contributed by atoms with Gasteiger partial charge in [0.2, 0.25) is 0 Å². The first-order valence-electron chi connectivity index (χ1n) is 10.4. The number of benzene rings is 1. The molecule has 2 rings (SSSR count). The average Bonchev–Trinajstić information content (AvgIpc) is 3.01. The summed E-state index contributed by atoms with van der Waals surface area (Å²) in [7, 11) is 5.98. The van der Waals surface area contributed by atoms with E-state index in [9.17, 15) is 4.79 Å². The van der Waals surface area contributed by atoms with E-state index < -0.39 is 5.60 Å². The zero-order valence-corrected chi connectivity index (χ0v) is 19.1. The lowest BCUT2D eigenvalue weighted by Crippen LogP contribution is -2.33. The number of aromatic nitrogens is 2. The number of unbranched alkanes of at least 4 members (excludes halogenated alkanes) is 2. The van der Waals surface area contributed by atoms with E-state index in [1.165, 1.54) is 0 Å². The number of hydrogen-bond donors (Lipinski definition) is 1. The number of imidazole rings is 1. The van der Waals surface area contributed by atoms with Gasteiger partial charge < -0.3 is 15.0 Å². The summed E-state index contributed by atoms with van der Waals surface area (Å²) in [6.45, 7) is 7.04. The summed E-state index contributed by atoms with van der Waals surface area (Å²) in [4.78, 5) is 13.7. The van der Waals surface area contributed by atoms with E-state index in [-0.39, 0.29) is 6.09 Å². The molecule has 0 unspecified atom stereocenters. The molecule has 0 saturated heterocycles. The highest BCUT2D eigenvalue weighted by molar-refractivity contribution is 5.67. The maximum atomic E-state index is 11.6. The third-order valence-electron chi connectivity index (χ3n) is 4.41. The molecule has 1 N–H and O–H groups in total. The third-order valence-corrected chi connectivity index (χ3v) is 4.41. The third kappa shape index (κ3) is 7.85. The number of amides is 1. The number of rotatable bonds is 9. The van der Waals surface area contributed by atoms with Crippen molar-refractivity contribution in [3.63, 3.8) is 0 Å². The highest BCUT2D eigenvalue weighted by atomic mass is 16.6. The van der Waals surface area contributed by atoms with Crippen LogP contribution in [0, 0.1) is 0 Å². The second kappa shape index (κ2) is 10.8. The fraction of sp³-hybridized carbons (Fsp3) is 0.545. The minimum absolute atomic E-state index is 0.360. The van der Waals surface area contributed by atoms with Crippen LogP contribution in [0.5, 0.6) is 0 Å². The SMILES string of the molecule is CN(C)c1ccc(N=Nc2n(CCCCCNC(=O)OC(C)(C)C)cc[n+]2C)cc1. The van der Waals surface area contributed by atoms with Crippen LogP contribution in [0.2, 0.25) is 0 Å². The van der Waals surface area contributed by atoms with Gasteiger partial charge in [0.1, 0.15) is 11.3 Å². The maximum absolute atomic E-state index is 11.6. The number of anilines is 1. The van der Waals surface area contributed by atoms with Crippen LogP contribution < -0.4 is 14.8 Å². The highest BCUT2D eigenvalue weighted by Gasteiger charge is 2.16. The van der Waals surface area contributed by atoms with E-state index >= 15 is 0 Å². The summed E-state index contributed by atoms with van der Waals surface area (Å²) in [6, 6.07) is 7.98. The van der Waals surface area contributed by atoms with Crippen molar-refractivity contribution in [2.24, 2.45) is 17.3 Å². The molecule has 0 saturated carbocycles. The molecule has 0 aliphatic rings. The molecule has 1 heterocycles. The van der Waals surface area contributed by atoms with Crippen molar-refractivity contribution in [2.45, 2.75) is 52.2 Å². The van der Waals surface area contributed by atoms with Crippen LogP contribution in [0.1, 0.15) is 40.0 Å². The second-order valence-electron chi connectivity index (χ2n) is 8.50. The zero-order chi connectivity index (χ0) is 22.1. The molecular formula is C22H35N6O2+. The molecule has 164 valence electrons. The minimum atomic E-state index is -0.465. The number of aryl methyl sites for hydroxylation is 2. The quantitative estimate of drug-likeness (QED) is 0.372. The van der Waals surface area contributed by atoms with E-state index in [2.05, 4.69) is 25.0 Å². The largest absolute Gasteiger partial charge is 0.444 e. The molecule has 1 aromatic carbocycles. The Morgan fingerprint density at radius 2 is 1.83 bits per heavy atom. The van der Waals surface area contributed by atoms with Crippen molar-refractivity contribution in [3.8, 4) is 0 Å². The van der Waals surface area contributed by atoms with Gasteiger partial charge in [-0.05, 0) is 64.3 Å². The lowest BCUT2D eigenvalue weighted by atomic mass is 10.2. The van der Waals surface area contributed by atoms with E-state index in [0.717, 1.165) is 43.1 Å². The van der Waals surface area contributed by atoms with E-state index in [1.54, 1.807) is 0 Å². The smallest absolute Gasteiger partial charge is 0.421 e. The molecule has 1 amide bonds. The molecule has 8 nitrogen and oxygen atoms in total. The van der Waals surface area contributed by atoms with E-state index in [0.29, 0.717) is 6.54 Å². The van der Waals surface area contributed by atoms with Gasteiger partial charge >= 0.3 is 12.0 Å². The Bertz CT molecular complexity index is 834. The number of azo groups is 1. The Morgan fingerprint density at radius 3 is 2.47 bits per heavy atom. The molecule has 1 aromatic heterocycles. The molecule has 0 spiro atoms. The Hall–Kier alpha value is -2.90. The molecular weight excluding hydrogens is 380 g/mol. The summed E-state index contributed by atoms with van der Waals surface area (Å²) < 4.78 is 9.29. The van der Waals surface area contributed by atoms with Crippen molar-refractivity contribution in [2.75, 3.05) is 25.5 Å². The standard InChI is InChI=1S/C22H34N6O2/c1-22(2,3)30-21(29)23-14-8-7-9-15-28-17-16-27(6)20(28)25-24-18-10-12-19(13-11-18)26(4)5/h10-13,16-17H,7-9,14-15H2,1-6H3/p+1. The number of nitrogens with zero attached hydrogens (tertiary/aromatic N) is 5. The van der Waals surface area contributed by atoms with Crippen molar-refractivity contribution < 1.29 is 14.1 Å². The molecule has 2 aromatic rings. The van der Waals surface area contributed by atoms with Crippen LogP contribution in [-0.4, -0.2) is 36.9 Å². The first-order valence-corrected chi connectivity index (χ1v) is 10.4. The van der Waals surface area contributed by atoms with Gasteiger partial charge in [-0.25, -0.2) is 13.9 Å². The van der Waals surface area contributed by atoms with Gasteiger partial charge in [0.15, 0.2) is 0 Å². The van der Waals surface area contributed by atoms with Gasteiger partial charge in [-0.15, -0.1) is 0 Å². The molecule has 0 bridgehead atoms. The summed E-state index contributed by atoms with van der Waals surface area (Å²) in [5, 5.41) is 11.6. The highest BCUT2D eigenvalue weighted by Crippen LogP contribution is 2.20. The predicted octanol–water partition coefficient (Wildman–Crippen LogP) is 4.49. The summed E-state index contributed by atoms with van der Waals surface area (Å²) >= 11 is 0. The Kier molecular flexibility index (Phi) is 8.38. The Morgan fingerprint density at radius 1 is 1.13 bits per heavy atom. The van der Waals surface area contributed by atoms with Crippen LogP contribution in [0.4, 0.5) is 22.1 Å². The van der Waals surface area contributed by atoms with Crippen LogP contribution in [0.3, 0.4) is 0 Å². The van der Waals surface area contributed by atoms with Crippen molar-refractivity contribution in [1.29, 1.82) is 0 Å². The fourth-order valence-corrected chi connectivity index (χ4v) is 2.83. The number of alkyl carbamates (subject to hydrolysis) is 1. The van der Waals surface area contributed by atoms with Gasteiger partial charge in [0, 0.05) is 31.4 Å². The number of ether oxygens (including phenoxy) is 1. The van der Waals surface area contributed by atoms with E-state index in [1.807, 2.05) is 83.1 Å². The van der Waals surface area contributed by atoms with Gasteiger partial charge in [0.25, 0.3) is 0 Å². The van der Waals surface area contributed by atoms with Crippen LogP contribution in [-0.2, 0) is 18.3 Å². The predicted molar refractivity (Wildman–Crippen MR) is 119 cm³/mol. The van der Waals surface area contributed by atoms with Crippen LogP contribution in [0.15, 0.2) is 46.9 Å². The normalized spacial score (nSPS) is 11.7. The molecule has 8 heteroatoms. The van der Waals surface area contributed by atoms with Crippen molar-refractivity contribution in [3.05, 3.63) is 36.7 Å². The Balaban J connectivity index is 1.79. The summed E-state index contributed by atoms with van der Waals surface area (Å²) in [6.07, 6.45) is 6.53. The second-order valence-corrected chi connectivity index (χ2v) is 8.50. The fourth-order valence-electron chi connectivity index (χ4n) is 2.83. The minimum Gasteiger partial charge on any atom is -0.444 e. The number of hydrogen-bond acceptors (Lipinski definition) is 5. The Labute approximate surface area is 179 Å².